The van der Waals surface area contributed by atoms with E-state index in [2.05, 4.69) is 6.58 Å². The molecule has 0 bridgehead atoms. The molecule has 1 aliphatic rings. The fourth-order valence-electron chi connectivity index (χ4n) is 1.25. The molecule has 0 amide bonds. The molecule has 1 N–H and O–H groups in total. The summed E-state index contributed by atoms with van der Waals surface area (Å²) in [7, 11) is 0. The smallest absolute Gasteiger partial charge is 0.0792 e. The van der Waals surface area contributed by atoms with Gasteiger partial charge in [0.2, 0.25) is 0 Å². The predicted octanol–water partition coefficient (Wildman–Crippen LogP) is 1.64. The van der Waals surface area contributed by atoms with E-state index < -0.39 is 0 Å². The zero-order valence-corrected chi connectivity index (χ0v) is 5.72. The van der Waals surface area contributed by atoms with E-state index in [1.54, 1.807) is 6.08 Å². The van der Waals surface area contributed by atoms with Crippen LogP contribution < -0.4 is 0 Å². The molecule has 1 aliphatic carbocycles. The largest absolute Gasteiger partial charge is 0.388 e. The topological polar surface area (TPSA) is 20.2 Å². The molecule has 0 aromatic heterocycles. The Bertz CT molecular complexity index is 156. The highest BCUT2D eigenvalue weighted by Gasteiger charge is 2.17. The van der Waals surface area contributed by atoms with Crippen LogP contribution in [0.1, 0.15) is 19.8 Å². The van der Waals surface area contributed by atoms with E-state index >= 15 is 0 Å². The number of aliphatic hydroxyl groups is 1. The van der Waals surface area contributed by atoms with Gasteiger partial charge in [-0.25, -0.2) is 0 Å². The van der Waals surface area contributed by atoms with E-state index in [9.17, 15) is 5.11 Å². The Hall–Kier alpha value is -0.560. The van der Waals surface area contributed by atoms with Crippen molar-refractivity contribution in [1.82, 2.24) is 0 Å². The molecular weight excluding hydrogens is 112 g/mol. The van der Waals surface area contributed by atoms with Crippen molar-refractivity contribution in [1.29, 1.82) is 0 Å². The van der Waals surface area contributed by atoms with Gasteiger partial charge >= 0.3 is 0 Å². The second-order valence-corrected chi connectivity index (χ2v) is 2.49. The Kier molecular flexibility index (Phi) is 1.72. The second-order valence-electron chi connectivity index (χ2n) is 2.49. The molecule has 1 nitrogen and oxygen atoms in total. The molecule has 0 aliphatic heterocycles. The summed E-state index contributed by atoms with van der Waals surface area (Å²) in [5, 5.41) is 9.23. The molecule has 9 heavy (non-hydrogen) atoms. The van der Waals surface area contributed by atoms with Gasteiger partial charge in [0.15, 0.2) is 0 Å². The lowest BCUT2D eigenvalue weighted by Crippen LogP contribution is -2.01. The first-order chi connectivity index (χ1) is 4.25. The zero-order chi connectivity index (χ0) is 6.85. The first-order valence-corrected chi connectivity index (χ1v) is 3.26. The highest BCUT2D eigenvalue weighted by atomic mass is 16.3. The fraction of sp³-hybridized carbons (Fsp3) is 0.500. The van der Waals surface area contributed by atoms with Crippen LogP contribution >= 0.6 is 0 Å². The number of rotatable bonds is 1. The van der Waals surface area contributed by atoms with Crippen LogP contribution in [0.5, 0.6) is 0 Å². The lowest BCUT2D eigenvalue weighted by Gasteiger charge is -2.00. The molecule has 1 unspecified atom stereocenters. The van der Waals surface area contributed by atoms with Gasteiger partial charge in [0.25, 0.3) is 0 Å². The molecule has 1 heteroatoms. The maximum atomic E-state index is 9.23. The van der Waals surface area contributed by atoms with Crippen molar-refractivity contribution >= 4 is 0 Å². The third kappa shape index (κ3) is 1.06. The minimum absolute atomic E-state index is 0.234. The SMILES string of the molecule is C=CC1=C(C)CCC1O. The third-order valence-electron chi connectivity index (χ3n) is 1.86. The van der Waals surface area contributed by atoms with Crippen molar-refractivity contribution in [2.24, 2.45) is 0 Å². The van der Waals surface area contributed by atoms with Crippen molar-refractivity contribution in [2.45, 2.75) is 25.9 Å². The Labute approximate surface area is 55.7 Å². The maximum Gasteiger partial charge on any atom is 0.0792 e. The van der Waals surface area contributed by atoms with Crippen molar-refractivity contribution in [2.75, 3.05) is 0 Å². The minimum Gasteiger partial charge on any atom is -0.388 e. The average molecular weight is 124 g/mol. The second kappa shape index (κ2) is 2.36. The van der Waals surface area contributed by atoms with Crippen LogP contribution in [-0.4, -0.2) is 11.2 Å². The first kappa shape index (κ1) is 6.56. The summed E-state index contributed by atoms with van der Waals surface area (Å²) in [5.41, 5.74) is 2.33. The lowest BCUT2D eigenvalue weighted by molar-refractivity contribution is 0.215. The molecule has 0 heterocycles. The van der Waals surface area contributed by atoms with Gasteiger partial charge in [0.05, 0.1) is 6.10 Å². The van der Waals surface area contributed by atoms with Gasteiger partial charge in [-0.1, -0.05) is 18.2 Å². The van der Waals surface area contributed by atoms with Crippen LogP contribution in [0, 0.1) is 0 Å². The highest BCUT2D eigenvalue weighted by Crippen LogP contribution is 2.26. The summed E-state index contributed by atoms with van der Waals surface area (Å²) < 4.78 is 0. The Morgan fingerprint density at radius 1 is 1.78 bits per heavy atom. The third-order valence-corrected chi connectivity index (χ3v) is 1.86. The van der Waals surface area contributed by atoms with Crippen LogP contribution in [-0.2, 0) is 0 Å². The molecule has 0 aromatic rings. The molecule has 0 spiro atoms. The lowest BCUT2D eigenvalue weighted by atomic mass is 10.1. The van der Waals surface area contributed by atoms with Crippen molar-refractivity contribution in [3.8, 4) is 0 Å². The van der Waals surface area contributed by atoms with Crippen molar-refractivity contribution in [3.05, 3.63) is 23.8 Å². The molecule has 0 fully saturated rings. The van der Waals surface area contributed by atoms with Crippen molar-refractivity contribution < 1.29 is 5.11 Å². The quantitative estimate of drug-likeness (QED) is 0.563. The molecular formula is C8H12O. The first-order valence-electron chi connectivity index (χ1n) is 3.26. The van der Waals surface area contributed by atoms with E-state index in [0.717, 1.165) is 18.4 Å². The van der Waals surface area contributed by atoms with Gasteiger partial charge in [0.1, 0.15) is 0 Å². The summed E-state index contributed by atoms with van der Waals surface area (Å²) in [6, 6.07) is 0. The Morgan fingerprint density at radius 3 is 2.67 bits per heavy atom. The maximum absolute atomic E-state index is 9.23. The van der Waals surface area contributed by atoms with E-state index in [4.69, 9.17) is 0 Å². The van der Waals surface area contributed by atoms with E-state index in [1.807, 2.05) is 6.92 Å². The van der Waals surface area contributed by atoms with Gasteiger partial charge in [0, 0.05) is 0 Å². The monoisotopic (exact) mass is 124 g/mol. The summed E-state index contributed by atoms with van der Waals surface area (Å²) in [4.78, 5) is 0. The molecule has 1 rings (SSSR count). The number of allylic oxidation sites excluding steroid dienone is 1. The van der Waals surface area contributed by atoms with E-state index in [0.29, 0.717) is 0 Å². The van der Waals surface area contributed by atoms with Gasteiger partial charge < -0.3 is 5.11 Å². The van der Waals surface area contributed by atoms with Gasteiger partial charge in [-0.05, 0) is 25.3 Å². The molecule has 1 atom stereocenters. The van der Waals surface area contributed by atoms with Gasteiger partial charge in [-0.3, -0.25) is 0 Å². The molecule has 0 saturated heterocycles. The highest BCUT2D eigenvalue weighted by molar-refractivity contribution is 5.30. The Morgan fingerprint density at radius 2 is 2.44 bits per heavy atom. The van der Waals surface area contributed by atoms with Crippen LogP contribution in [0.2, 0.25) is 0 Å². The van der Waals surface area contributed by atoms with Crippen LogP contribution in [0.3, 0.4) is 0 Å². The van der Waals surface area contributed by atoms with Crippen LogP contribution in [0.15, 0.2) is 23.8 Å². The van der Waals surface area contributed by atoms with Gasteiger partial charge in [-0.2, -0.15) is 0 Å². The summed E-state index contributed by atoms with van der Waals surface area (Å²) in [6.07, 6.45) is 3.44. The normalized spacial score (nSPS) is 27.1. The molecule has 0 saturated carbocycles. The van der Waals surface area contributed by atoms with Gasteiger partial charge in [-0.15, -0.1) is 0 Å². The molecule has 0 radical (unpaired) electrons. The van der Waals surface area contributed by atoms with Crippen LogP contribution in [0.4, 0.5) is 0 Å². The summed E-state index contributed by atoms with van der Waals surface area (Å²) >= 11 is 0. The zero-order valence-electron chi connectivity index (χ0n) is 5.72. The van der Waals surface area contributed by atoms with E-state index in [-0.39, 0.29) is 6.10 Å². The molecule has 0 aromatic carbocycles. The standard InChI is InChI=1S/C8H12O/c1-3-7-6(2)4-5-8(7)9/h3,8-9H,1,4-5H2,2H3. The average Bonchev–Trinajstić information content (AvgIpc) is 2.12. The van der Waals surface area contributed by atoms with E-state index in [1.165, 1.54) is 5.57 Å². The number of hydrogen-bond acceptors (Lipinski definition) is 1. The summed E-state index contributed by atoms with van der Waals surface area (Å²) in [6.45, 7) is 5.67. The number of hydrogen-bond donors (Lipinski definition) is 1. The van der Waals surface area contributed by atoms with Crippen LogP contribution in [0.25, 0.3) is 0 Å². The minimum atomic E-state index is -0.234. The number of aliphatic hydroxyl groups excluding tert-OH is 1. The predicted molar refractivity (Wildman–Crippen MR) is 38.1 cm³/mol. The molecule has 50 valence electrons. The Balaban J connectivity index is 2.81. The van der Waals surface area contributed by atoms with Crippen molar-refractivity contribution in [3.63, 3.8) is 0 Å². The fourth-order valence-corrected chi connectivity index (χ4v) is 1.25. The summed E-state index contributed by atoms with van der Waals surface area (Å²) in [5.74, 6) is 0.